The molecule has 2 atom stereocenters. The molecule has 9 heteroatoms. The number of hydrogen-bond donors (Lipinski definition) is 0. The molecule has 8 nitrogen and oxygen atoms in total. The molecule has 1 fully saturated rings. The third-order valence-electron chi connectivity index (χ3n) is 6.98. The van der Waals surface area contributed by atoms with Gasteiger partial charge in [0, 0.05) is 6.04 Å². The van der Waals surface area contributed by atoms with Crippen molar-refractivity contribution >= 4 is 26.7 Å². The number of benzene rings is 2. The predicted molar refractivity (Wildman–Crippen MR) is 140 cm³/mol. The van der Waals surface area contributed by atoms with E-state index in [0.29, 0.717) is 47.7 Å². The molecule has 2 aliphatic rings. The zero-order valence-electron chi connectivity index (χ0n) is 21.5. The van der Waals surface area contributed by atoms with Gasteiger partial charge in [0.05, 0.1) is 41.7 Å². The number of aryl methyl sites for hydroxylation is 2. The molecule has 1 amide bonds. The van der Waals surface area contributed by atoms with E-state index in [-0.39, 0.29) is 28.3 Å². The van der Waals surface area contributed by atoms with Gasteiger partial charge >= 0.3 is 0 Å². The Balaban J connectivity index is 1.74. The average Bonchev–Trinajstić information content (AvgIpc) is 3.35. The third-order valence-corrected chi connectivity index (χ3v) is 8.73. The minimum absolute atomic E-state index is 0.000155. The van der Waals surface area contributed by atoms with Crippen LogP contribution in [0.1, 0.15) is 65.5 Å². The van der Waals surface area contributed by atoms with Gasteiger partial charge in [-0.15, -0.1) is 0 Å². The summed E-state index contributed by atoms with van der Waals surface area (Å²) in [5.41, 5.74) is 2.64. The molecule has 2 aromatic carbocycles. The molecule has 2 unspecified atom stereocenters. The Morgan fingerprint density at radius 2 is 1.84 bits per heavy atom. The van der Waals surface area contributed by atoms with Crippen molar-refractivity contribution in [1.29, 1.82) is 0 Å². The van der Waals surface area contributed by atoms with Crippen LogP contribution in [0.3, 0.4) is 0 Å². The topological polar surface area (TPSA) is 103 Å². The number of ether oxygens (including phenoxy) is 2. The summed E-state index contributed by atoms with van der Waals surface area (Å²) in [4.78, 5) is 29.3. The van der Waals surface area contributed by atoms with Crippen molar-refractivity contribution in [2.75, 3.05) is 24.7 Å². The number of rotatable bonds is 7. The Hall–Kier alpha value is -3.33. The van der Waals surface area contributed by atoms with Crippen LogP contribution in [0.25, 0.3) is 11.0 Å². The van der Waals surface area contributed by atoms with E-state index in [1.165, 1.54) is 4.90 Å². The fraction of sp³-hybridized carbons (Fsp3) is 0.429. The van der Waals surface area contributed by atoms with Crippen LogP contribution in [0.2, 0.25) is 0 Å². The lowest BCUT2D eigenvalue weighted by atomic mass is 9.96. The number of sulfone groups is 1. The highest BCUT2D eigenvalue weighted by molar-refractivity contribution is 7.91. The van der Waals surface area contributed by atoms with Gasteiger partial charge in [-0.2, -0.15) is 0 Å². The number of hydrogen-bond acceptors (Lipinski definition) is 7. The number of carbonyl (C=O) groups excluding carboxylic acids is 1. The largest absolute Gasteiger partial charge is 0.490 e. The molecule has 3 heterocycles. The first kappa shape index (κ1) is 25.3. The predicted octanol–water partition coefficient (Wildman–Crippen LogP) is 4.33. The van der Waals surface area contributed by atoms with Gasteiger partial charge in [0.2, 0.25) is 5.76 Å². The van der Waals surface area contributed by atoms with Crippen LogP contribution >= 0.6 is 0 Å². The molecular formula is C28H31NO7S. The number of amides is 1. The molecule has 0 spiro atoms. The van der Waals surface area contributed by atoms with Crippen molar-refractivity contribution in [3.8, 4) is 11.5 Å². The highest BCUT2D eigenvalue weighted by Gasteiger charge is 2.48. The van der Waals surface area contributed by atoms with Crippen molar-refractivity contribution in [3.63, 3.8) is 0 Å². The summed E-state index contributed by atoms with van der Waals surface area (Å²) in [6.07, 6.45) is 1.13. The first-order chi connectivity index (χ1) is 17.6. The van der Waals surface area contributed by atoms with Crippen LogP contribution in [0.5, 0.6) is 11.5 Å². The standard InChI is InChI=1S/C28H31NO7S/c1-5-10-35-21-8-7-18(14-22(21)34-6-2)24-23-25(30)20-13-16(3)12-17(4)26(20)36-27(23)28(31)29(24)19-9-11-37(32,33)15-19/h7-8,12-14,19,24H,5-6,9-11,15H2,1-4H3. The summed E-state index contributed by atoms with van der Waals surface area (Å²) in [5.74, 6) is 0.438. The van der Waals surface area contributed by atoms with E-state index < -0.39 is 27.8 Å². The molecule has 196 valence electrons. The fourth-order valence-electron chi connectivity index (χ4n) is 5.44. The molecule has 37 heavy (non-hydrogen) atoms. The maximum absolute atomic E-state index is 13.9. The molecule has 0 N–H and O–H groups in total. The molecule has 0 aliphatic carbocycles. The van der Waals surface area contributed by atoms with E-state index in [4.69, 9.17) is 13.9 Å². The highest BCUT2D eigenvalue weighted by atomic mass is 32.2. The first-order valence-electron chi connectivity index (χ1n) is 12.7. The van der Waals surface area contributed by atoms with Crippen LogP contribution in [0.4, 0.5) is 0 Å². The molecule has 1 saturated heterocycles. The second kappa shape index (κ2) is 9.52. The first-order valence-corrected chi connectivity index (χ1v) is 14.5. The maximum atomic E-state index is 13.9. The van der Waals surface area contributed by atoms with Crippen molar-refractivity contribution in [1.82, 2.24) is 4.90 Å². The van der Waals surface area contributed by atoms with Gasteiger partial charge in [-0.1, -0.05) is 19.1 Å². The van der Waals surface area contributed by atoms with Crippen LogP contribution in [0, 0.1) is 13.8 Å². The Morgan fingerprint density at radius 1 is 1.05 bits per heavy atom. The van der Waals surface area contributed by atoms with E-state index in [2.05, 4.69) is 0 Å². The van der Waals surface area contributed by atoms with E-state index in [1.54, 1.807) is 18.2 Å². The zero-order chi connectivity index (χ0) is 26.5. The molecule has 5 rings (SSSR count). The van der Waals surface area contributed by atoms with Crippen LogP contribution in [0.15, 0.2) is 39.5 Å². The summed E-state index contributed by atoms with van der Waals surface area (Å²) < 4.78 is 42.6. The number of fused-ring (bicyclic) bond motifs is 2. The summed E-state index contributed by atoms with van der Waals surface area (Å²) in [7, 11) is -3.29. The summed E-state index contributed by atoms with van der Waals surface area (Å²) in [6, 6.07) is 7.67. The fourth-order valence-corrected chi connectivity index (χ4v) is 7.15. The van der Waals surface area contributed by atoms with Crippen molar-refractivity contribution in [2.24, 2.45) is 0 Å². The van der Waals surface area contributed by atoms with E-state index in [0.717, 1.165) is 17.5 Å². The molecule has 0 radical (unpaired) electrons. The Morgan fingerprint density at radius 3 is 2.51 bits per heavy atom. The Kier molecular flexibility index (Phi) is 6.52. The van der Waals surface area contributed by atoms with Gasteiger partial charge < -0.3 is 18.8 Å². The van der Waals surface area contributed by atoms with Crippen molar-refractivity contribution in [2.45, 2.75) is 52.6 Å². The van der Waals surface area contributed by atoms with Gasteiger partial charge in [-0.3, -0.25) is 9.59 Å². The minimum Gasteiger partial charge on any atom is -0.490 e. The third kappa shape index (κ3) is 4.39. The van der Waals surface area contributed by atoms with Gasteiger partial charge in [0.1, 0.15) is 5.58 Å². The van der Waals surface area contributed by atoms with Crippen LogP contribution in [-0.4, -0.2) is 50.0 Å². The normalized spacial score (nSPS) is 20.4. The summed E-state index contributed by atoms with van der Waals surface area (Å²) in [5, 5.41) is 0.405. The summed E-state index contributed by atoms with van der Waals surface area (Å²) in [6.45, 7) is 8.54. The molecule has 2 aliphatic heterocycles. The van der Waals surface area contributed by atoms with Gasteiger partial charge in [-0.25, -0.2) is 8.42 Å². The smallest absolute Gasteiger partial charge is 0.291 e. The summed E-state index contributed by atoms with van der Waals surface area (Å²) >= 11 is 0. The minimum atomic E-state index is -3.29. The van der Waals surface area contributed by atoms with E-state index in [1.807, 2.05) is 39.8 Å². The molecule has 3 aromatic rings. The lowest BCUT2D eigenvalue weighted by Gasteiger charge is -2.30. The van der Waals surface area contributed by atoms with E-state index in [9.17, 15) is 18.0 Å². The molecular weight excluding hydrogens is 494 g/mol. The van der Waals surface area contributed by atoms with Crippen LogP contribution in [-0.2, 0) is 9.84 Å². The number of carbonyl (C=O) groups is 1. The lowest BCUT2D eigenvalue weighted by molar-refractivity contribution is 0.0662. The molecule has 0 saturated carbocycles. The lowest BCUT2D eigenvalue weighted by Crippen LogP contribution is -2.40. The van der Waals surface area contributed by atoms with Crippen molar-refractivity contribution in [3.05, 3.63) is 68.6 Å². The zero-order valence-corrected chi connectivity index (χ0v) is 22.3. The van der Waals surface area contributed by atoms with Gasteiger partial charge in [0.15, 0.2) is 26.8 Å². The molecule has 1 aromatic heterocycles. The SMILES string of the molecule is CCCOc1ccc(C2c3c(oc4c(C)cc(C)cc4c3=O)C(=O)N2C2CCS(=O)(=O)C2)cc1OCC. The second-order valence-corrected chi connectivity index (χ2v) is 12.0. The molecule has 0 bridgehead atoms. The van der Waals surface area contributed by atoms with E-state index >= 15 is 0 Å². The Bertz CT molecular complexity index is 1560. The average molecular weight is 526 g/mol. The quantitative estimate of drug-likeness (QED) is 0.452. The van der Waals surface area contributed by atoms with Gasteiger partial charge in [-0.05, 0) is 68.5 Å². The van der Waals surface area contributed by atoms with Crippen molar-refractivity contribution < 1.29 is 27.1 Å². The van der Waals surface area contributed by atoms with Gasteiger partial charge in [0.25, 0.3) is 5.91 Å². The second-order valence-electron chi connectivity index (χ2n) is 9.79. The monoisotopic (exact) mass is 525 g/mol. The number of nitrogens with zero attached hydrogens (tertiary/aromatic N) is 1. The Labute approximate surface area is 216 Å². The highest BCUT2D eigenvalue weighted by Crippen LogP contribution is 2.43. The maximum Gasteiger partial charge on any atom is 0.291 e. The van der Waals surface area contributed by atoms with Crippen LogP contribution < -0.4 is 14.9 Å².